The van der Waals surface area contributed by atoms with Crippen molar-refractivity contribution in [3.63, 3.8) is 0 Å². The fraction of sp³-hybridized carbons (Fsp3) is 0.231. The van der Waals surface area contributed by atoms with E-state index in [1.807, 2.05) is 11.3 Å². The van der Waals surface area contributed by atoms with Gasteiger partial charge in [-0.05, 0) is 95.8 Å². The summed E-state index contributed by atoms with van der Waals surface area (Å²) in [6.07, 6.45) is 0. The predicted octanol–water partition coefficient (Wildman–Crippen LogP) is 7.30. The minimum absolute atomic E-state index is 0.283. The van der Waals surface area contributed by atoms with Gasteiger partial charge in [0, 0.05) is 15.5 Å². The summed E-state index contributed by atoms with van der Waals surface area (Å²) < 4.78 is 6.79. The van der Waals surface area contributed by atoms with Crippen LogP contribution in [0.1, 0.15) is 44.9 Å². The molecule has 0 saturated heterocycles. The number of ether oxygens (including phenoxy) is 1. The van der Waals surface area contributed by atoms with E-state index < -0.39 is 0 Å². The summed E-state index contributed by atoms with van der Waals surface area (Å²) in [6.45, 7) is 8.96. The third kappa shape index (κ3) is 2.37. The summed E-state index contributed by atoms with van der Waals surface area (Å²) >= 11 is 1.95. The minimum atomic E-state index is 0.283. The Bertz CT molecular complexity index is 1230. The lowest BCUT2D eigenvalue weighted by atomic mass is 9.86. The topological polar surface area (TPSA) is 9.23 Å². The highest BCUT2D eigenvalue weighted by Crippen LogP contribution is 2.56. The van der Waals surface area contributed by atoms with Crippen LogP contribution in [0.3, 0.4) is 0 Å². The van der Waals surface area contributed by atoms with Crippen LogP contribution in [0.5, 0.6) is 5.75 Å². The maximum atomic E-state index is 5.40. The lowest BCUT2D eigenvalue weighted by molar-refractivity contribution is 0.414. The van der Waals surface area contributed by atoms with E-state index in [1.165, 1.54) is 59.5 Å². The van der Waals surface area contributed by atoms with Gasteiger partial charge in [0.1, 0.15) is 5.75 Å². The Kier molecular flexibility index (Phi) is 3.89. The summed E-state index contributed by atoms with van der Waals surface area (Å²) in [7, 11) is 1.72. The number of rotatable bonds is 2. The Morgan fingerprint density at radius 3 is 2.32 bits per heavy atom. The van der Waals surface area contributed by atoms with Crippen LogP contribution in [0, 0.1) is 27.7 Å². The van der Waals surface area contributed by atoms with Crippen molar-refractivity contribution in [2.24, 2.45) is 0 Å². The van der Waals surface area contributed by atoms with Crippen LogP contribution in [0.4, 0.5) is 0 Å². The van der Waals surface area contributed by atoms with Gasteiger partial charge >= 0.3 is 0 Å². The van der Waals surface area contributed by atoms with Gasteiger partial charge in [0.2, 0.25) is 0 Å². The molecule has 1 nitrogen and oxygen atoms in total. The molecule has 2 heteroatoms. The van der Waals surface area contributed by atoms with Crippen LogP contribution in [-0.4, -0.2) is 7.11 Å². The lowest BCUT2D eigenvalue weighted by Gasteiger charge is -2.18. The molecule has 140 valence electrons. The smallest absolute Gasteiger partial charge is 0.118 e. The van der Waals surface area contributed by atoms with E-state index in [1.54, 1.807) is 7.11 Å². The van der Waals surface area contributed by atoms with E-state index in [0.29, 0.717) is 0 Å². The van der Waals surface area contributed by atoms with Crippen LogP contribution in [-0.2, 0) is 0 Å². The van der Waals surface area contributed by atoms with Crippen LogP contribution < -0.4 is 4.74 Å². The zero-order chi connectivity index (χ0) is 19.6. The van der Waals surface area contributed by atoms with Gasteiger partial charge in [-0.25, -0.2) is 0 Å². The maximum absolute atomic E-state index is 5.40. The molecule has 1 aliphatic rings. The monoisotopic (exact) mass is 384 g/mol. The Morgan fingerprint density at radius 1 is 0.857 bits per heavy atom. The fourth-order valence-corrected chi connectivity index (χ4v) is 6.10. The number of benzene rings is 3. The molecule has 0 radical (unpaired) electrons. The molecule has 28 heavy (non-hydrogen) atoms. The Balaban J connectivity index is 1.86. The predicted molar refractivity (Wildman–Crippen MR) is 120 cm³/mol. The first-order valence-electron chi connectivity index (χ1n) is 9.77. The second kappa shape index (κ2) is 6.22. The summed E-state index contributed by atoms with van der Waals surface area (Å²) in [5.41, 5.74) is 11.3. The molecule has 1 atom stereocenters. The van der Waals surface area contributed by atoms with Crippen molar-refractivity contribution in [1.29, 1.82) is 0 Å². The van der Waals surface area contributed by atoms with Crippen molar-refractivity contribution in [3.8, 4) is 16.2 Å². The van der Waals surface area contributed by atoms with Crippen molar-refractivity contribution in [2.75, 3.05) is 7.11 Å². The van der Waals surface area contributed by atoms with E-state index >= 15 is 0 Å². The van der Waals surface area contributed by atoms with Crippen LogP contribution in [0.15, 0.2) is 48.5 Å². The number of hydrogen-bond acceptors (Lipinski definition) is 2. The molecule has 1 aliphatic carbocycles. The van der Waals surface area contributed by atoms with Gasteiger partial charge in [-0.2, -0.15) is 0 Å². The molecular formula is C26H24OS. The highest BCUT2D eigenvalue weighted by atomic mass is 32.1. The summed E-state index contributed by atoms with van der Waals surface area (Å²) in [4.78, 5) is 1.46. The van der Waals surface area contributed by atoms with Gasteiger partial charge in [0.05, 0.1) is 7.11 Å². The molecule has 0 fully saturated rings. The standard InChI is InChI=1S/C26H24OS/c1-14-6-11-20-22(12-14)28-26-23-17(4)16(3)15(2)13-21(23)24(25(20)26)18-7-9-19(27-5)10-8-18/h6-13,24H,1-5H3. The van der Waals surface area contributed by atoms with Gasteiger partial charge in [-0.15, -0.1) is 11.3 Å². The van der Waals surface area contributed by atoms with E-state index in [2.05, 4.69) is 76.2 Å². The Labute approximate surface area is 170 Å². The third-order valence-corrected chi connectivity index (χ3v) is 7.54. The minimum Gasteiger partial charge on any atom is -0.497 e. The lowest BCUT2D eigenvalue weighted by Crippen LogP contribution is -2.01. The first-order valence-corrected chi connectivity index (χ1v) is 10.6. The molecule has 1 heterocycles. The van der Waals surface area contributed by atoms with Crippen molar-refractivity contribution in [2.45, 2.75) is 33.6 Å². The molecule has 4 aromatic rings. The second-order valence-electron chi connectivity index (χ2n) is 7.96. The van der Waals surface area contributed by atoms with Gasteiger partial charge in [0.25, 0.3) is 0 Å². The second-order valence-corrected chi connectivity index (χ2v) is 9.01. The van der Waals surface area contributed by atoms with Crippen molar-refractivity contribution in [1.82, 2.24) is 0 Å². The summed E-state index contributed by atoms with van der Waals surface area (Å²) in [5.74, 6) is 1.19. The Hall–Kier alpha value is -2.58. The molecule has 1 unspecified atom stereocenters. The van der Waals surface area contributed by atoms with Gasteiger partial charge in [0.15, 0.2) is 0 Å². The van der Waals surface area contributed by atoms with Crippen LogP contribution in [0.25, 0.3) is 20.5 Å². The maximum Gasteiger partial charge on any atom is 0.118 e. The first-order chi connectivity index (χ1) is 13.5. The first kappa shape index (κ1) is 17.5. The fourth-order valence-electron chi connectivity index (χ4n) is 4.64. The van der Waals surface area contributed by atoms with E-state index in [4.69, 9.17) is 4.74 Å². The quantitative estimate of drug-likeness (QED) is 0.310. The van der Waals surface area contributed by atoms with Gasteiger partial charge in [-0.3, -0.25) is 0 Å². The SMILES string of the molecule is COc1ccc(C2c3cc(C)c(C)c(C)c3-c3sc4cc(C)ccc4c32)cc1. The Morgan fingerprint density at radius 2 is 1.61 bits per heavy atom. The number of aryl methyl sites for hydroxylation is 2. The molecule has 1 aromatic heterocycles. The summed E-state index contributed by atoms with van der Waals surface area (Å²) in [6, 6.07) is 17.9. The highest BCUT2D eigenvalue weighted by molar-refractivity contribution is 7.22. The number of hydrogen-bond donors (Lipinski definition) is 0. The molecule has 3 aromatic carbocycles. The highest BCUT2D eigenvalue weighted by Gasteiger charge is 2.35. The largest absolute Gasteiger partial charge is 0.497 e. The summed E-state index contributed by atoms with van der Waals surface area (Å²) in [5, 5.41) is 1.40. The van der Waals surface area contributed by atoms with E-state index in [-0.39, 0.29) is 5.92 Å². The molecular weight excluding hydrogens is 360 g/mol. The number of methoxy groups -OCH3 is 1. The normalized spacial score (nSPS) is 15.0. The molecule has 0 bridgehead atoms. The number of fused-ring (bicyclic) bond motifs is 5. The van der Waals surface area contributed by atoms with Gasteiger partial charge < -0.3 is 4.74 Å². The molecule has 0 saturated carbocycles. The van der Waals surface area contributed by atoms with Crippen LogP contribution >= 0.6 is 11.3 Å². The zero-order valence-corrected chi connectivity index (χ0v) is 17.8. The zero-order valence-electron chi connectivity index (χ0n) is 17.0. The molecule has 0 N–H and O–H groups in total. The van der Waals surface area contributed by atoms with Gasteiger partial charge in [-0.1, -0.05) is 30.3 Å². The third-order valence-electron chi connectivity index (χ3n) is 6.35. The van der Waals surface area contributed by atoms with E-state index in [0.717, 1.165) is 5.75 Å². The average molecular weight is 385 g/mol. The van der Waals surface area contributed by atoms with Crippen molar-refractivity contribution in [3.05, 3.63) is 87.5 Å². The molecule has 5 rings (SSSR count). The average Bonchev–Trinajstić information content (AvgIpc) is 3.19. The molecule has 0 aliphatic heterocycles. The molecule has 0 spiro atoms. The number of thiophene rings is 1. The van der Waals surface area contributed by atoms with E-state index in [9.17, 15) is 0 Å². The van der Waals surface area contributed by atoms with Crippen molar-refractivity contribution < 1.29 is 4.74 Å². The molecule has 0 amide bonds. The van der Waals surface area contributed by atoms with Crippen LogP contribution in [0.2, 0.25) is 0 Å². The van der Waals surface area contributed by atoms with Crippen molar-refractivity contribution >= 4 is 21.4 Å².